The first kappa shape index (κ1) is 16.4. The molecule has 0 radical (unpaired) electrons. The van der Waals surface area contributed by atoms with Crippen LogP contribution in [-0.4, -0.2) is 65.9 Å². The molecule has 3 heterocycles. The lowest BCUT2D eigenvalue weighted by Gasteiger charge is -2.35. The quantitative estimate of drug-likeness (QED) is 0.772. The van der Waals surface area contributed by atoms with Crippen LogP contribution < -0.4 is 5.32 Å². The van der Waals surface area contributed by atoms with E-state index in [1.54, 1.807) is 6.20 Å². The molecule has 1 amide bonds. The zero-order valence-electron chi connectivity index (χ0n) is 13.7. The van der Waals surface area contributed by atoms with Gasteiger partial charge in [-0.1, -0.05) is 0 Å². The summed E-state index contributed by atoms with van der Waals surface area (Å²) in [6, 6.07) is -0.00517. The Kier molecular flexibility index (Phi) is 5.64. The van der Waals surface area contributed by atoms with Crippen LogP contribution in [-0.2, 0) is 21.3 Å². The van der Waals surface area contributed by atoms with Crippen molar-refractivity contribution in [2.45, 2.75) is 31.4 Å². The summed E-state index contributed by atoms with van der Waals surface area (Å²) < 4.78 is 13.1. The van der Waals surface area contributed by atoms with Crippen LogP contribution in [0, 0.1) is 0 Å². The molecular weight excluding hydrogens is 296 g/mol. The van der Waals surface area contributed by atoms with Crippen LogP contribution >= 0.6 is 0 Å². The van der Waals surface area contributed by atoms with Gasteiger partial charge in [-0.25, -0.2) is 4.98 Å². The fourth-order valence-corrected chi connectivity index (χ4v) is 3.23. The third kappa shape index (κ3) is 4.10. The Morgan fingerprint density at radius 1 is 1.57 bits per heavy atom. The molecular formula is C16H26N4O3. The number of hydrogen-bond acceptors (Lipinski definition) is 5. The zero-order chi connectivity index (χ0) is 16.1. The second-order valence-corrected chi connectivity index (χ2v) is 6.16. The van der Waals surface area contributed by atoms with Gasteiger partial charge in [0, 0.05) is 45.7 Å². The smallest absolute Gasteiger partial charge is 0.225 e. The van der Waals surface area contributed by atoms with Crippen molar-refractivity contribution in [3.8, 4) is 0 Å². The predicted octanol–water partition coefficient (Wildman–Crippen LogP) is 0.479. The first-order valence-corrected chi connectivity index (χ1v) is 8.42. The first-order valence-electron chi connectivity index (χ1n) is 8.42. The van der Waals surface area contributed by atoms with Crippen molar-refractivity contribution in [3.63, 3.8) is 0 Å². The number of carbonyl (C=O) groups excluding carboxylic acids is 1. The fourth-order valence-electron chi connectivity index (χ4n) is 3.23. The van der Waals surface area contributed by atoms with Crippen LogP contribution in [0.25, 0.3) is 0 Å². The lowest BCUT2D eigenvalue weighted by molar-refractivity contribution is -0.136. The molecule has 7 nitrogen and oxygen atoms in total. The molecule has 0 aromatic carbocycles. The number of carbonyl (C=O) groups is 1. The number of rotatable bonds is 6. The van der Waals surface area contributed by atoms with Crippen molar-refractivity contribution in [1.82, 2.24) is 19.8 Å². The largest absolute Gasteiger partial charge is 0.378 e. The number of aryl methyl sites for hydroxylation is 1. The van der Waals surface area contributed by atoms with E-state index in [-0.39, 0.29) is 18.1 Å². The molecule has 1 N–H and O–H groups in total. The van der Waals surface area contributed by atoms with Gasteiger partial charge >= 0.3 is 0 Å². The lowest BCUT2D eigenvalue weighted by atomic mass is 10.1. The fraction of sp³-hybridized carbons (Fsp3) is 0.750. The highest BCUT2D eigenvalue weighted by Crippen LogP contribution is 2.21. The summed E-state index contributed by atoms with van der Waals surface area (Å²) >= 11 is 0. The molecule has 2 unspecified atom stereocenters. The Balaban J connectivity index is 1.49. The van der Waals surface area contributed by atoms with E-state index in [4.69, 9.17) is 9.47 Å². The number of piperazine rings is 1. The number of ether oxygens (including phenoxy) is 2. The molecule has 7 heteroatoms. The third-order valence-corrected chi connectivity index (χ3v) is 4.51. The maximum Gasteiger partial charge on any atom is 0.225 e. The van der Waals surface area contributed by atoms with E-state index in [2.05, 4.69) is 10.3 Å². The average Bonchev–Trinajstić information content (AvgIpc) is 3.23. The highest BCUT2D eigenvalue weighted by atomic mass is 16.5. The van der Waals surface area contributed by atoms with Crippen molar-refractivity contribution in [2.24, 2.45) is 7.05 Å². The molecule has 0 spiro atoms. The minimum absolute atomic E-state index is 0.00517. The van der Waals surface area contributed by atoms with E-state index in [1.807, 2.05) is 22.7 Å². The number of aromatic nitrogens is 2. The maximum atomic E-state index is 12.6. The molecule has 128 valence electrons. The molecule has 0 aliphatic carbocycles. The van der Waals surface area contributed by atoms with Crippen LogP contribution in [0.2, 0.25) is 0 Å². The van der Waals surface area contributed by atoms with Crippen LogP contribution in [0.15, 0.2) is 12.4 Å². The van der Waals surface area contributed by atoms with Crippen LogP contribution in [0.3, 0.4) is 0 Å². The standard InChI is InChI=1S/C16H26N4O3/c1-19-7-6-18-16(19)14-11-17-5-8-20(14)15(21)4-10-22-12-13-3-2-9-23-13/h6-7,13-14,17H,2-5,8-12H2,1H3. The van der Waals surface area contributed by atoms with Crippen molar-refractivity contribution >= 4 is 5.91 Å². The van der Waals surface area contributed by atoms with Gasteiger partial charge in [-0.05, 0) is 12.8 Å². The predicted molar refractivity (Wildman–Crippen MR) is 84.9 cm³/mol. The molecule has 0 bridgehead atoms. The summed E-state index contributed by atoms with van der Waals surface area (Å²) in [6.07, 6.45) is 6.48. The Bertz CT molecular complexity index is 513. The van der Waals surface area contributed by atoms with Gasteiger partial charge < -0.3 is 24.3 Å². The van der Waals surface area contributed by atoms with Crippen LogP contribution in [0.4, 0.5) is 0 Å². The molecule has 1 aromatic rings. The van der Waals surface area contributed by atoms with Gasteiger partial charge in [0.1, 0.15) is 11.9 Å². The Morgan fingerprint density at radius 2 is 2.48 bits per heavy atom. The van der Waals surface area contributed by atoms with Gasteiger partial charge in [-0.3, -0.25) is 4.79 Å². The van der Waals surface area contributed by atoms with E-state index in [9.17, 15) is 4.79 Å². The molecule has 2 aliphatic heterocycles. The molecule has 3 rings (SSSR count). The SMILES string of the molecule is Cn1ccnc1C1CNCCN1C(=O)CCOCC1CCCO1. The number of nitrogens with one attached hydrogen (secondary N) is 1. The molecule has 23 heavy (non-hydrogen) atoms. The average molecular weight is 322 g/mol. The lowest BCUT2D eigenvalue weighted by Crippen LogP contribution is -2.49. The molecule has 2 atom stereocenters. The molecule has 1 aromatic heterocycles. The number of amides is 1. The zero-order valence-corrected chi connectivity index (χ0v) is 13.7. The van der Waals surface area contributed by atoms with Crippen LogP contribution in [0.5, 0.6) is 0 Å². The Hall–Kier alpha value is -1.44. The van der Waals surface area contributed by atoms with E-state index in [1.165, 1.54) is 0 Å². The van der Waals surface area contributed by atoms with Gasteiger partial charge in [-0.2, -0.15) is 0 Å². The van der Waals surface area contributed by atoms with Gasteiger partial charge in [-0.15, -0.1) is 0 Å². The van der Waals surface area contributed by atoms with Gasteiger partial charge in [0.05, 0.1) is 25.7 Å². The molecule has 2 aliphatic rings. The summed E-state index contributed by atoms with van der Waals surface area (Å²) in [5, 5.41) is 3.34. The summed E-state index contributed by atoms with van der Waals surface area (Å²) in [7, 11) is 1.96. The van der Waals surface area contributed by atoms with Crippen molar-refractivity contribution in [2.75, 3.05) is 39.5 Å². The monoisotopic (exact) mass is 322 g/mol. The topological polar surface area (TPSA) is 68.6 Å². The van der Waals surface area contributed by atoms with Crippen molar-refractivity contribution < 1.29 is 14.3 Å². The molecule has 2 fully saturated rings. The second kappa shape index (κ2) is 7.90. The van der Waals surface area contributed by atoms with Gasteiger partial charge in [0.15, 0.2) is 0 Å². The summed E-state index contributed by atoms with van der Waals surface area (Å²) in [5.41, 5.74) is 0. The van der Waals surface area contributed by atoms with Crippen LogP contribution in [0.1, 0.15) is 31.1 Å². The third-order valence-electron chi connectivity index (χ3n) is 4.51. The van der Waals surface area contributed by atoms with Gasteiger partial charge in [0.25, 0.3) is 0 Å². The van der Waals surface area contributed by atoms with E-state index in [0.29, 0.717) is 26.2 Å². The van der Waals surface area contributed by atoms with Gasteiger partial charge in [0.2, 0.25) is 5.91 Å². The minimum atomic E-state index is -0.00517. The normalized spacial score (nSPS) is 25.0. The summed E-state index contributed by atoms with van der Waals surface area (Å²) in [5.74, 6) is 1.05. The molecule has 2 saturated heterocycles. The number of hydrogen-bond donors (Lipinski definition) is 1. The minimum Gasteiger partial charge on any atom is -0.378 e. The highest BCUT2D eigenvalue weighted by Gasteiger charge is 2.30. The van der Waals surface area contributed by atoms with E-state index >= 15 is 0 Å². The summed E-state index contributed by atoms with van der Waals surface area (Å²) in [4.78, 5) is 18.9. The second-order valence-electron chi connectivity index (χ2n) is 6.16. The van der Waals surface area contributed by atoms with Crippen molar-refractivity contribution in [3.05, 3.63) is 18.2 Å². The number of nitrogens with zero attached hydrogens (tertiary/aromatic N) is 3. The first-order chi connectivity index (χ1) is 11.3. The molecule has 0 saturated carbocycles. The van der Waals surface area contributed by atoms with Crippen molar-refractivity contribution in [1.29, 1.82) is 0 Å². The highest BCUT2D eigenvalue weighted by molar-refractivity contribution is 5.76. The number of imidazole rings is 1. The Morgan fingerprint density at radius 3 is 3.22 bits per heavy atom. The van der Waals surface area contributed by atoms with E-state index < -0.39 is 0 Å². The van der Waals surface area contributed by atoms with E-state index in [0.717, 1.165) is 38.4 Å². The summed E-state index contributed by atoms with van der Waals surface area (Å²) in [6.45, 7) is 4.16. The maximum absolute atomic E-state index is 12.6. The Labute approximate surface area is 137 Å².